The van der Waals surface area contributed by atoms with E-state index in [2.05, 4.69) is 15.5 Å². The van der Waals surface area contributed by atoms with Crippen LogP contribution in [0, 0.1) is 11.8 Å². The van der Waals surface area contributed by atoms with Crippen LogP contribution < -0.4 is 15.5 Å². The molecule has 0 atom stereocenters. The van der Waals surface area contributed by atoms with E-state index in [9.17, 15) is 14.4 Å². The summed E-state index contributed by atoms with van der Waals surface area (Å²) in [5.41, 5.74) is -0.390. The van der Waals surface area contributed by atoms with Crippen molar-refractivity contribution in [3.63, 3.8) is 0 Å². The van der Waals surface area contributed by atoms with Gasteiger partial charge in [0.25, 0.3) is 0 Å². The molecule has 0 bridgehead atoms. The highest BCUT2D eigenvalue weighted by Gasteiger charge is 2.20. The van der Waals surface area contributed by atoms with Crippen LogP contribution in [0.3, 0.4) is 0 Å². The van der Waals surface area contributed by atoms with E-state index in [0.717, 1.165) is 38.5 Å². The Balaban J connectivity index is 1.49. The summed E-state index contributed by atoms with van der Waals surface area (Å²) in [5.74, 6) is 0.577. The lowest BCUT2D eigenvalue weighted by atomic mass is 9.87. The molecule has 2 aromatic rings. The number of aromatic nitrogens is 2. The van der Waals surface area contributed by atoms with Gasteiger partial charge in [0.15, 0.2) is 4.34 Å². The average Bonchev–Trinajstić information content (AvgIpc) is 3.22. The molecule has 3 rings (SSSR count). The highest BCUT2D eigenvalue weighted by atomic mass is 32.2. The van der Waals surface area contributed by atoms with Crippen molar-refractivity contribution in [1.29, 1.82) is 0 Å². The maximum atomic E-state index is 12.3. The lowest BCUT2D eigenvalue weighted by Crippen LogP contribution is -2.21. The molecule has 2 aromatic heterocycles. The van der Waals surface area contributed by atoms with Gasteiger partial charge in [-0.3, -0.25) is 14.4 Å². The Bertz CT molecular complexity index is 964. The number of thioether (sulfide) groups is 1. The van der Waals surface area contributed by atoms with Crippen LogP contribution >= 0.6 is 23.1 Å². The normalized spacial score (nSPS) is 14.5. The maximum Gasteiger partial charge on any atom is 0.311 e. The second kappa shape index (κ2) is 12.2. The molecular weight excluding hydrogens is 450 g/mol. The van der Waals surface area contributed by atoms with Crippen LogP contribution in [0.5, 0.6) is 5.75 Å². The van der Waals surface area contributed by atoms with Gasteiger partial charge < -0.3 is 14.5 Å². The number of nitrogens with one attached hydrogen (secondary N) is 1. The number of amides is 1. The first kappa shape index (κ1) is 24.4. The Kier molecular flexibility index (Phi) is 9.28. The molecule has 0 unspecified atom stereocenters. The van der Waals surface area contributed by atoms with Gasteiger partial charge in [-0.05, 0) is 31.6 Å². The second-order valence-corrected chi connectivity index (χ2v) is 10.1. The van der Waals surface area contributed by atoms with E-state index in [1.807, 2.05) is 13.8 Å². The van der Waals surface area contributed by atoms with Gasteiger partial charge in [-0.25, -0.2) is 0 Å². The number of carbonyl (C=O) groups is 2. The highest BCUT2D eigenvalue weighted by Crippen LogP contribution is 2.29. The van der Waals surface area contributed by atoms with Crippen LogP contribution in [0.1, 0.15) is 71.0 Å². The number of nitrogens with zero attached hydrogens (tertiary/aromatic N) is 2. The molecule has 1 fully saturated rings. The molecule has 1 N–H and O–H groups in total. The molecule has 0 radical (unpaired) electrons. The van der Waals surface area contributed by atoms with Gasteiger partial charge in [-0.1, -0.05) is 56.2 Å². The molecule has 1 amide bonds. The molecule has 0 aliphatic heterocycles. The first-order valence-electron chi connectivity index (χ1n) is 11.1. The summed E-state index contributed by atoms with van der Waals surface area (Å²) in [6.07, 6.45) is 8.66. The topological polar surface area (TPSA) is 111 Å². The van der Waals surface area contributed by atoms with Crippen molar-refractivity contribution in [2.24, 2.45) is 11.8 Å². The molecule has 32 heavy (non-hydrogen) atoms. The summed E-state index contributed by atoms with van der Waals surface area (Å²) in [6.45, 7) is 3.96. The van der Waals surface area contributed by atoms with Crippen LogP contribution in [0.4, 0.5) is 5.13 Å². The van der Waals surface area contributed by atoms with Crippen molar-refractivity contribution < 1.29 is 18.7 Å². The number of hydrogen-bond acceptors (Lipinski definition) is 9. The average molecular weight is 480 g/mol. The van der Waals surface area contributed by atoms with Crippen molar-refractivity contribution in [3.8, 4) is 5.75 Å². The predicted octanol–water partition coefficient (Wildman–Crippen LogP) is 5.03. The Hall–Kier alpha value is -2.20. The first-order valence-corrected chi connectivity index (χ1v) is 12.9. The van der Waals surface area contributed by atoms with Crippen LogP contribution in [0.2, 0.25) is 0 Å². The zero-order valence-corrected chi connectivity index (χ0v) is 20.1. The highest BCUT2D eigenvalue weighted by molar-refractivity contribution is 8.00. The zero-order valence-electron chi connectivity index (χ0n) is 18.4. The molecule has 1 aliphatic carbocycles. The lowest BCUT2D eigenvalue weighted by Gasteiger charge is -2.20. The van der Waals surface area contributed by atoms with Gasteiger partial charge in [-0.2, -0.15) is 0 Å². The number of ether oxygens (including phenoxy) is 1. The number of rotatable bonds is 10. The third-order valence-corrected chi connectivity index (χ3v) is 7.58. The quantitative estimate of drug-likeness (QED) is 0.287. The van der Waals surface area contributed by atoms with E-state index in [4.69, 9.17) is 9.15 Å². The van der Waals surface area contributed by atoms with E-state index in [1.165, 1.54) is 41.8 Å². The first-order chi connectivity index (χ1) is 15.5. The minimum atomic E-state index is -0.390. The molecular formula is C22H29N3O5S2. The minimum Gasteiger partial charge on any atom is -0.464 e. The Labute approximate surface area is 195 Å². The van der Waals surface area contributed by atoms with Crippen molar-refractivity contribution in [2.75, 3.05) is 5.32 Å². The summed E-state index contributed by atoms with van der Waals surface area (Å²) in [7, 11) is 0. The molecule has 0 saturated heterocycles. The third kappa shape index (κ3) is 7.16. The van der Waals surface area contributed by atoms with E-state index in [-0.39, 0.29) is 29.0 Å². The molecule has 1 aliphatic rings. The molecule has 2 heterocycles. The van der Waals surface area contributed by atoms with Crippen LogP contribution in [0.25, 0.3) is 0 Å². The molecule has 8 nitrogen and oxygen atoms in total. The number of carbonyl (C=O) groups excluding carboxylic acids is 2. The monoisotopic (exact) mass is 479 g/mol. The SMILES string of the molecule is CCC(CC)C(=O)Nc1nnc(SCc2cc(=O)c(OC(=O)CC3CCCCC3)co2)s1. The van der Waals surface area contributed by atoms with Crippen LogP contribution in [-0.4, -0.2) is 22.1 Å². The standard InChI is InChI=1S/C22H29N3O5S2/c1-3-15(4-2)20(28)23-21-24-25-22(32-21)31-13-16-11-17(26)18(12-29-16)30-19(27)10-14-8-6-5-7-9-14/h11-12,14-15H,3-10,13H2,1-2H3,(H,23,24,28). The molecule has 174 valence electrons. The van der Waals surface area contributed by atoms with Gasteiger partial charge in [0.1, 0.15) is 12.0 Å². The number of anilines is 1. The van der Waals surface area contributed by atoms with Crippen molar-refractivity contribution in [3.05, 3.63) is 28.3 Å². The summed E-state index contributed by atoms with van der Waals surface area (Å²) < 4.78 is 11.4. The fourth-order valence-electron chi connectivity index (χ4n) is 3.70. The van der Waals surface area contributed by atoms with E-state index >= 15 is 0 Å². The molecule has 10 heteroatoms. The van der Waals surface area contributed by atoms with Gasteiger partial charge in [0.05, 0.1) is 5.75 Å². The zero-order chi connectivity index (χ0) is 22.9. The van der Waals surface area contributed by atoms with Crippen molar-refractivity contribution in [1.82, 2.24) is 10.2 Å². The largest absolute Gasteiger partial charge is 0.464 e. The van der Waals surface area contributed by atoms with Gasteiger partial charge in [-0.15, -0.1) is 10.2 Å². The minimum absolute atomic E-state index is 0.0421. The fourth-order valence-corrected chi connectivity index (χ4v) is 5.34. The molecule has 0 aromatic carbocycles. The van der Waals surface area contributed by atoms with Crippen molar-refractivity contribution in [2.45, 2.75) is 75.3 Å². The number of esters is 1. The Morgan fingerprint density at radius 3 is 2.69 bits per heavy atom. The van der Waals surface area contributed by atoms with Gasteiger partial charge in [0, 0.05) is 18.4 Å². The second-order valence-electron chi connectivity index (χ2n) is 7.92. The smallest absolute Gasteiger partial charge is 0.311 e. The van der Waals surface area contributed by atoms with E-state index in [1.54, 1.807) is 0 Å². The maximum absolute atomic E-state index is 12.3. The summed E-state index contributed by atoms with van der Waals surface area (Å²) in [6, 6.07) is 1.33. The van der Waals surface area contributed by atoms with Gasteiger partial charge >= 0.3 is 5.97 Å². The van der Waals surface area contributed by atoms with E-state index in [0.29, 0.717) is 33.3 Å². The number of hydrogen-bond donors (Lipinski definition) is 1. The molecule has 0 spiro atoms. The Morgan fingerprint density at radius 1 is 1.25 bits per heavy atom. The van der Waals surface area contributed by atoms with E-state index < -0.39 is 0 Å². The van der Waals surface area contributed by atoms with Gasteiger partial charge in [0.2, 0.25) is 22.2 Å². The fraction of sp³-hybridized carbons (Fsp3) is 0.591. The van der Waals surface area contributed by atoms with Crippen molar-refractivity contribution >= 4 is 40.1 Å². The summed E-state index contributed by atoms with van der Waals surface area (Å²) in [4.78, 5) is 36.6. The predicted molar refractivity (Wildman–Crippen MR) is 124 cm³/mol. The summed E-state index contributed by atoms with van der Waals surface area (Å²) >= 11 is 2.62. The summed E-state index contributed by atoms with van der Waals surface area (Å²) in [5, 5.41) is 11.3. The molecule has 1 saturated carbocycles. The lowest BCUT2D eigenvalue weighted by molar-refractivity contribution is -0.135. The van der Waals surface area contributed by atoms with Crippen LogP contribution in [-0.2, 0) is 15.3 Å². The van der Waals surface area contributed by atoms with Crippen LogP contribution in [0.15, 0.2) is 25.9 Å². The third-order valence-electron chi connectivity index (χ3n) is 5.59. The Morgan fingerprint density at radius 2 is 2.00 bits per heavy atom.